The summed E-state index contributed by atoms with van der Waals surface area (Å²) in [6, 6.07) is 0. The summed E-state index contributed by atoms with van der Waals surface area (Å²) in [5, 5.41) is 4.00. The molecule has 82 valence electrons. The number of ether oxygens (including phenoxy) is 1. The van der Waals surface area contributed by atoms with Crippen LogP contribution in [0.5, 0.6) is 0 Å². The van der Waals surface area contributed by atoms with Crippen molar-refractivity contribution < 1.29 is 9.53 Å². The molecule has 1 unspecified atom stereocenters. The molecule has 4 heteroatoms. The summed E-state index contributed by atoms with van der Waals surface area (Å²) in [6.07, 6.45) is 6.26. The molecule has 1 aliphatic heterocycles. The summed E-state index contributed by atoms with van der Waals surface area (Å²) in [7, 11) is 1.81. The molecule has 2 heterocycles. The van der Waals surface area contributed by atoms with Gasteiger partial charge in [-0.1, -0.05) is 0 Å². The van der Waals surface area contributed by atoms with Gasteiger partial charge in [0.15, 0.2) is 5.78 Å². The third kappa shape index (κ3) is 1.95. The standard InChI is InChI=1S/C11H16N2O2/c1-11(5-3-4-6-15-11)10(14)9-7-12-13(2)8-9/h7-8H,3-6H2,1-2H3. The molecule has 1 aromatic heterocycles. The highest BCUT2D eigenvalue weighted by molar-refractivity contribution is 6.01. The lowest BCUT2D eigenvalue weighted by Crippen LogP contribution is -2.41. The molecular weight excluding hydrogens is 192 g/mol. The third-order valence-corrected chi connectivity index (χ3v) is 2.92. The highest BCUT2D eigenvalue weighted by atomic mass is 16.5. The van der Waals surface area contributed by atoms with Crippen molar-refractivity contribution in [3.8, 4) is 0 Å². The number of aryl methyl sites for hydroxylation is 1. The molecule has 1 aliphatic rings. The Kier molecular flexibility index (Phi) is 2.61. The molecule has 1 fully saturated rings. The molecule has 0 amide bonds. The lowest BCUT2D eigenvalue weighted by atomic mass is 9.89. The maximum atomic E-state index is 12.2. The predicted molar refractivity (Wildman–Crippen MR) is 55.7 cm³/mol. The van der Waals surface area contributed by atoms with E-state index in [1.165, 1.54) is 0 Å². The van der Waals surface area contributed by atoms with Gasteiger partial charge in [-0.3, -0.25) is 9.48 Å². The second-order valence-corrected chi connectivity index (χ2v) is 4.27. The zero-order valence-corrected chi connectivity index (χ0v) is 9.19. The van der Waals surface area contributed by atoms with Gasteiger partial charge in [0.05, 0.1) is 11.8 Å². The Labute approximate surface area is 89.2 Å². The van der Waals surface area contributed by atoms with E-state index in [2.05, 4.69) is 5.10 Å². The van der Waals surface area contributed by atoms with E-state index in [0.29, 0.717) is 12.2 Å². The first kappa shape index (κ1) is 10.4. The van der Waals surface area contributed by atoms with Crippen LogP contribution in [0.25, 0.3) is 0 Å². The Morgan fingerprint density at radius 2 is 2.40 bits per heavy atom. The van der Waals surface area contributed by atoms with Gasteiger partial charge in [-0.25, -0.2) is 0 Å². The quantitative estimate of drug-likeness (QED) is 0.693. The molecule has 0 aliphatic carbocycles. The summed E-state index contributed by atoms with van der Waals surface area (Å²) in [6.45, 7) is 2.56. The SMILES string of the molecule is Cn1cc(C(=O)C2(C)CCCCO2)cn1. The van der Waals surface area contributed by atoms with Gasteiger partial charge < -0.3 is 4.74 Å². The monoisotopic (exact) mass is 208 g/mol. The molecule has 1 saturated heterocycles. The molecule has 2 rings (SSSR count). The number of hydrogen-bond donors (Lipinski definition) is 0. The Balaban J connectivity index is 2.19. The van der Waals surface area contributed by atoms with Crippen LogP contribution in [0.15, 0.2) is 12.4 Å². The fourth-order valence-electron chi connectivity index (χ4n) is 1.96. The normalized spacial score (nSPS) is 26.5. The summed E-state index contributed by atoms with van der Waals surface area (Å²) in [5.41, 5.74) is 0.00303. The lowest BCUT2D eigenvalue weighted by molar-refractivity contribution is -0.0426. The van der Waals surface area contributed by atoms with Crippen LogP contribution in [0.2, 0.25) is 0 Å². The van der Waals surface area contributed by atoms with Crippen molar-refractivity contribution in [2.24, 2.45) is 7.05 Å². The topological polar surface area (TPSA) is 44.1 Å². The summed E-state index contributed by atoms with van der Waals surface area (Å²) >= 11 is 0. The maximum absolute atomic E-state index is 12.2. The minimum atomic E-state index is -0.638. The first-order chi connectivity index (χ1) is 7.12. The van der Waals surface area contributed by atoms with Crippen LogP contribution in [0, 0.1) is 0 Å². The molecule has 0 bridgehead atoms. The molecule has 4 nitrogen and oxygen atoms in total. The number of hydrogen-bond acceptors (Lipinski definition) is 3. The third-order valence-electron chi connectivity index (χ3n) is 2.92. The highest BCUT2D eigenvalue weighted by Gasteiger charge is 2.36. The minimum Gasteiger partial charge on any atom is -0.367 e. The van der Waals surface area contributed by atoms with Gasteiger partial charge >= 0.3 is 0 Å². The van der Waals surface area contributed by atoms with E-state index in [4.69, 9.17) is 4.74 Å². The van der Waals surface area contributed by atoms with Crippen LogP contribution < -0.4 is 0 Å². The average molecular weight is 208 g/mol. The first-order valence-electron chi connectivity index (χ1n) is 5.29. The number of nitrogens with zero attached hydrogens (tertiary/aromatic N) is 2. The van der Waals surface area contributed by atoms with E-state index in [1.807, 2.05) is 6.92 Å². The second kappa shape index (κ2) is 3.77. The maximum Gasteiger partial charge on any atom is 0.197 e. The van der Waals surface area contributed by atoms with Crippen molar-refractivity contribution in [1.29, 1.82) is 0 Å². The molecule has 0 N–H and O–H groups in total. The number of aromatic nitrogens is 2. The van der Waals surface area contributed by atoms with Crippen LogP contribution in [0.4, 0.5) is 0 Å². The van der Waals surface area contributed by atoms with Crippen molar-refractivity contribution in [3.05, 3.63) is 18.0 Å². The Morgan fingerprint density at radius 1 is 1.60 bits per heavy atom. The van der Waals surface area contributed by atoms with Gasteiger partial charge in [0, 0.05) is 19.9 Å². The molecule has 0 saturated carbocycles. The van der Waals surface area contributed by atoms with Crippen molar-refractivity contribution >= 4 is 5.78 Å². The van der Waals surface area contributed by atoms with Crippen LogP contribution in [-0.4, -0.2) is 27.8 Å². The Hall–Kier alpha value is -1.16. The summed E-state index contributed by atoms with van der Waals surface area (Å²) < 4.78 is 7.24. The fourth-order valence-corrected chi connectivity index (χ4v) is 1.96. The minimum absolute atomic E-state index is 0.0512. The van der Waals surface area contributed by atoms with Gasteiger partial charge in [-0.15, -0.1) is 0 Å². The average Bonchev–Trinajstić information content (AvgIpc) is 2.65. The Morgan fingerprint density at radius 3 is 2.93 bits per heavy atom. The van der Waals surface area contributed by atoms with E-state index >= 15 is 0 Å². The van der Waals surface area contributed by atoms with E-state index in [-0.39, 0.29) is 5.78 Å². The van der Waals surface area contributed by atoms with Crippen molar-refractivity contribution in [3.63, 3.8) is 0 Å². The zero-order valence-electron chi connectivity index (χ0n) is 9.19. The van der Waals surface area contributed by atoms with Gasteiger partial charge in [0.25, 0.3) is 0 Å². The largest absolute Gasteiger partial charge is 0.367 e. The molecule has 1 atom stereocenters. The molecular formula is C11H16N2O2. The van der Waals surface area contributed by atoms with Gasteiger partial charge in [-0.2, -0.15) is 5.10 Å². The molecule has 15 heavy (non-hydrogen) atoms. The van der Waals surface area contributed by atoms with E-state index in [9.17, 15) is 4.79 Å². The van der Waals surface area contributed by atoms with E-state index < -0.39 is 5.60 Å². The lowest BCUT2D eigenvalue weighted by Gasteiger charge is -2.31. The number of carbonyl (C=O) groups excluding carboxylic acids is 1. The molecule has 0 spiro atoms. The van der Waals surface area contributed by atoms with E-state index in [0.717, 1.165) is 19.3 Å². The van der Waals surface area contributed by atoms with Crippen LogP contribution in [0.1, 0.15) is 36.5 Å². The first-order valence-corrected chi connectivity index (χ1v) is 5.29. The van der Waals surface area contributed by atoms with Crippen LogP contribution in [-0.2, 0) is 11.8 Å². The zero-order chi connectivity index (χ0) is 10.9. The van der Waals surface area contributed by atoms with Crippen molar-refractivity contribution in [2.45, 2.75) is 31.8 Å². The van der Waals surface area contributed by atoms with Gasteiger partial charge in [-0.05, 0) is 26.2 Å². The fraction of sp³-hybridized carbons (Fsp3) is 0.636. The van der Waals surface area contributed by atoms with Crippen LogP contribution in [0.3, 0.4) is 0 Å². The van der Waals surface area contributed by atoms with Gasteiger partial charge in [0.2, 0.25) is 0 Å². The van der Waals surface area contributed by atoms with Gasteiger partial charge in [0.1, 0.15) is 5.60 Å². The molecule has 0 radical (unpaired) electrons. The molecule has 0 aromatic carbocycles. The smallest absolute Gasteiger partial charge is 0.197 e. The van der Waals surface area contributed by atoms with E-state index in [1.54, 1.807) is 24.1 Å². The predicted octanol–water partition coefficient (Wildman–Crippen LogP) is 1.56. The number of rotatable bonds is 2. The van der Waals surface area contributed by atoms with Crippen molar-refractivity contribution in [1.82, 2.24) is 9.78 Å². The Bertz CT molecular complexity index is 364. The highest BCUT2D eigenvalue weighted by Crippen LogP contribution is 2.27. The van der Waals surface area contributed by atoms with Crippen molar-refractivity contribution in [2.75, 3.05) is 6.61 Å². The number of ketones is 1. The second-order valence-electron chi connectivity index (χ2n) is 4.27. The molecule has 1 aromatic rings. The number of carbonyl (C=O) groups is 1. The van der Waals surface area contributed by atoms with Crippen LogP contribution >= 0.6 is 0 Å². The summed E-state index contributed by atoms with van der Waals surface area (Å²) in [5.74, 6) is 0.0512. The number of Topliss-reactive ketones (excluding diaryl/α,β-unsaturated/α-hetero) is 1. The summed E-state index contributed by atoms with van der Waals surface area (Å²) in [4.78, 5) is 12.2.